The maximum atomic E-state index is 14.6. The SMILES string of the molecule is CC/C=C/CONC(=O)c1nc(-c2ccc(Cl)c(OC)c2F)cc(N)c1Cl. The van der Waals surface area contributed by atoms with Gasteiger partial charge >= 0.3 is 0 Å². The molecule has 2 aromatic rings. The van der Waals surface area contributed by atoms with Gasteiger partial charge in [-0.3, -0.25) is 9.63 Å². The topological polar surface area (TPSA) is 86.5 Å². The summed E-state index contributed by atoms with van der Waals surface area (Å²) in [6, 6.07) is 4.22. The number of nitrogens with two attached hydrogens (primary N) is 1. The van der Waals surface area contributed by atoms with E-state index >= 15 is 0 Å². The van der Waals surface area contributed by atoms with Crippen molar-refractivity contribution in [3.05, 3.63) is 51.9 Å². The Morgan fingerprint density at radius 2 is 2.11 bits per heavy atom. The fourth-order valence-electron chi connectivity index (χ4n) is 2.19. The van der Waals surface area contributed by atoms with Crippen LogP contribution in [0.1, 0.15) is 23.8 Å². The van der Waals surface area contributed by atoms with E-state index in [1.54, 1.807) is 6.08 Å². The van der Waals surface area contributed by atoms with E-state index in [1.165, 1.54) is 25.3 Å². The van der Waals surface area contributed by atoms with Gasteiger partial charge in [-0.05, 0) is 24.6 Å². The Hall–Kier alpha value is -2.35. The molecule has 0 fully saturated rings. The van der Waals surface area contributed by atoms with Gasteiger partial charge in [0.05, 0.1) is 35.1 Å². The highest BCUT2D eigenvalue weighted by molar-refractivity contribution is 6.36. The van der Waals surface area contributed by atoms with E-state index in [-0.39, 0.29) is 45.0 Å². The van der Waals surface area contributed by atoms with Crippen molar-refractivity contribution >= 4 is 34.8 Å². The van der Waals surface area contributed by atoms with Crippen molar-refractivity contribution in [3.63, 3.8) is 0 Å². The molecule has 0 bridgehead atoms. The first-order valence-corrected chi connectivity index (χ1v) is 8.71. The van der Waals surface area contributed by atoms with Crippen LogP contribution in [-0.4, -0.2) is 24.6 Å². The summed E-state index contributed by atoms with van der Waals surface area (Å²) < 4.78 is 19.6. The second-order valence-corrected chi connectivity index (χ2v) is 6.11. The van der Waals surface area contributed by atoms with Crippen LogP contribution in [0.2, 0.25) is 10.0 Å². The number of halogens is 3. The summed E-state index contributed by atoms with van der Waals surface area (Å²) in [4.78, 5) is 21.4. The molecule has 2 rings (SSSR count). The lowest BCUT2D eigenvalue weighted by Gasteiger charge is -2.12. The number of anilines is 1. The lowest BCUT2D eigenvalue weighted by Crippen LogP contribution is -2.25. The molecule has 144 valence electrons. The standard InChI is InChI=1S/C18H18Cl2FN3O3/c1-3-4-5-8-27-24-18(25)16-14(20)12(22)9-13(23-16)10-6-7-11(19)17(26-2)15(10)21/h4-7,9H,3,8H2,1-2H3,(H2,22,23)(H,24,25)/b5-4+. The molecule has 0 aliphatic rings. The monoisotopic (exact) mass is 413 g/mol. The number of rotatable bonds is 7. The Bertz CT molecular complexity index is 875. The number of nitrogens with zero attached hydrogens (tertiary/aromatic N) is 1. The minimum absolute atomic E-state index is 0.0560. The third-order valence-electron chi connectivity index (χ3n) is 3.48. The second-order valence-electron chi connectivity index (χ2n) is 5.32. The van der Waals surface area contributed by atoms with E-state index in [1.807, 2.05) is 13.0 Å². The van der Waals surface area contributed by atoms with E-state index in [0.717, 1.165) is 6.42 Å². The molecule has 0 saturated heterocycles. The van der Waals surface area contributed by atoms with Crippen molar-refractivity contribution in [1.82, 2.24) is 10.5 Å². The Morgan fingerprint density at radius 1 is 1.37 bits per heavy atom. The lowest BCUT2D eigenvalue weighted by atomic mass is 10.1. The molecule has 1 aromatic heterocycles. The molecule has 3 N–H and O–H groups in total. The molecular weight excluding hydrogens is 396 g/mol. The maximum absolute atomic E-state index is 14.6. The zero-order valence-corrected chi connectivity index (χ0v) is 16.2. The van der Waals surface area contributed by atoms with Gasteiger partial charge in [0.2, 0.25) is 0 Å². The minimum atomic E-state index is -0.730. The molecule has 1 aromatic carbocycles. The maximum Gasteiger partial charge on any atom is 0.295 e. The number of benzene rings is 1. The summed E-state index contributed by atoms with van der Waals surface area (Å²) in [6.07, 6.45) is 4.47. The highest BCUT2D eigenvalue weighted by Gasteiger charge is 2.21. The van der Waals surface area contributed by atoms with Crippen molar-refractivity contribution < 1.29 is 18.8 Å². The molecule has 9 heteroatoms. The summed E-state index contributed by atoms with van der Waals surface area (Å²) >= 11 is 12.0. The summed E-state index contributed by atoms with van der Waals surface area (Å²) in [5.74, 6) is -1.58. The largest absolute Gasteiger partial charge is 0.492 e. The summed E-state index contributed by atoms with van der Waals surface area (Å²) in [5.41, 5.74) is 8.10. The number of nitrogen functional groups attached to an aromatic ring is 1. The van der Waals surface area contributed by atoms with E-state index in [2.05, 4.69) is 10.5 Å². The van der Waals surface area contributed by atoms with E-state index < -0.39 is 11.7 Å². The van der Waals surface area contributed by atoms with Crippen LogP contribution in [0.4, 0.5) is 10.1 Å². The number of pyridine rings is 1. The van der Waals surface area contributed by atoms with Gasteiger partial charge in [0, 0.05) is 5.56 Å². The van der Waals surface area contributed by atoms with Gasteiger partial charge in [-0.2, -0.15) is 0 Å². The fourth-order valence-corrected chi connectivity index (χ4v) is 2.60. The first-order valence-electron chi connectivity index (χ1n) is 7.96. The molecule has 0 saturated carbocycles. The Kier molecular flexibility index (Phi) is 7.41. The summed E-state index contributed by atoms with van der Waals surface area (Å²) in [5, 5.41) is 0.0393. The summed E-state index contributed by atoms with van der Waals surface area (Å²) in [6.45, 7) is 2.15. The first kappa shape index (κ1) is 21.0. The van der Waals surface area contributed by atoms with Gasteiger partial charge in [0.25, 0.3) is 5.91 Å². The number of allylic oxidation sites excluding steroid dienone is 1. The smallest absolute Gasteiger partial charge is 0.295 e. The van der Waals surface area contributed by atoms with Crippen LogP contribution >= 0.6 is 23.2 Å². The molecule has 0 aliphatic carbocycles. The van der Waals surface area contributed by atoms with E-state index in [4.69, 9.17) is 38.5 Å². The van der Waals surface area contributed by atoms with E-state index in [9.17, 15) is 9.18 Å². The van der Waals surface area contributed by atoms with Crippen LogP contribution in [-0.2, 0) is 4.84 Å². The Balaban J connectivity index is 2.36. The molecule has 0 spiro atoms. The number of nitrogens with one attached hydrogen (secondary N) is 1. The van der Waals surface area contributed by atoms with Gasteiger partial charge in [-0.25, -0.2) is 14.9 Å². The number of amides is 1. The number of hydroxylamine groups is 1. The van der Waals surface area contributed by atoms with Crippen LogP contribution in [0.5, 0.6) is 5.75 Å². The third kappa shape index (κ3) is 4.88. The molecule has 6 nitrogen and oxygen atoms in total. The van der Waals surface area contributed by atoms with Crippen LogP contribution < -0.4 is 16.0 Å². The van der Waals surface area contributed by atoms with Crippen molar-refractivity contribution in [3.8, 4) is 17.0 Å². The molecule has 1 heterocycles. The predicted octanol–water partition coefficient (Wildman–Crippen LogP) is 4.41. The van der Waals surface area contributed by atoms with Gasteiger partial charge in [0.1, 0.15) is 0 Å². The average molecular weight is 414 g/mol. The molecule has 1 amide bonds. The molecule has 0 unspecified atom stereocenters. The number of aromatic nitrogens is 1. The molecule has 0 radical (unpaired) electrons. The number of carbonyl (C=O) groups excluding carboxylic acids is 1. The van der Waals surface area contributed by atoms with Crippen molar-refractivity contribution in [2.75, 3.05) is 19.5 Å². The molecule has 0 aliphatic heterocycles. The van der Waals surface area contributed by atoms with Crippen LogP contribution in [0.15, 0.2) is 30.4 Å². The highest BCUT2D eigenvalue weighted by Crippen LogP contribution is 2.36. The van der Waals surface area contributed by atoms with Gasteiger partial charge in [-0.1, -0.05) is 42.3 Å². The van der Waals surface area contributed by atoms with Crippen molar-refractivity contribution in [1.29, 1.82) is 0 Å². The Morgan fingerprint density at radius 3 is 2.78 bits per heavy atom. The van der Waals surface area contributed by atoms with Crippen molar-refractivity contribution in [2.24, 2.45) is 0 Å². The van der Waals surface area contributed by atoms with E-state index in [0.29, 0.717) is 0 Å². The zero-order chi connectivity index (χ0) is 20.0. The number of methoxy groups -OCH3 is 1. The normalized spacial score (nSPS) is 11.0. The third-order valence-corrected chi connectivity index (χ3v) is 4.17. The van der Waals surface area contributed by atoms with Gasteiger partial charge in [-0.15, -0.1) is 0 Å². The van der Waals surface area contributed by atoms with Gasteiger partial charge in [0.15, 0.2) is 17.3 Å². The fraction of sp³-hybridized carbons (Fsp3) is 0.222. The average Bonchev–Trinajstić information content (AvgIpc) is 2.64. The summed E-state index contributed by atoms with van der Waals surface area (Å²) in [7, 11) is 1.29. The molecule has 0 atom stereocenters. The first-order chi connectivity index (χ1) is 12.9. The highest BCUT2D eigenvalue weighted by atomic mass is 35.5. The van der Waals surface area contributed by atoms with Crippen molar-refractivity contribution in [2.45, 2.75) is 13.3 Å². The number of hydrogen-bond donors (Lipinski definition) is 2. The van der Waals surface area contributed by atoms with Crippen LogP contribution in [0.3, 0.4) is 0 Å². The van der Waals surface area contributed by atoms with Crippen LogP contribution in [0, 0.1) is 5.82 Å². The molecule has 27 heavy (non-hydrogen) atoms. The number of hydrogen-bond acceptors (Lipinski definition) is 5. The zero-order valence-electron chi connectivity index (χ0n) is 14.7. The lowest BCUT2D eigenvalue weighted by molar-refractivity contribution is 0.0416. The van der Waals surface area contributed by atoms with Crippen LogP contribution in [0.25, 0.3) is 11.3 Å². The predicted molar refractivity (Wildman–Crippen MR) is 103 cm³/mol. The minimum Gasteiger partial charge on any atom is -0.492 e. The number of ether oxygens (including phenoxy) is 1. The number of carbonyl (C=O) groups is 1. The quantitative estimate of drug-likeness (QED) is 0.398. The Labute approximate surface area is 166 Å². The van der Waals surface area contributed by atoms with Gasteiger partial charge < -0.3 is 10.5 Å². The molecular formula is C18H18Cl2FN3O3. The second kappa shape index (κ2) is 9.55.